The highest BCUT2D eigenvalue weighted by atomic mass is 35.5. The second kappa shape index (κ2) is 9.38. The summed E-state index contributed by atoms with van der Waals surface area (Å²) in [5.74, 6) is 2.36. The first-order valence-electron chi connectivity index (χ1n) is 9.18. The maximum atomic E-state index is 12.4. The highest BCUT2D eigenvalue weighted by molar-refractivity contribution is 7.99. The normalized spacial score (nSPS) is 12.7. The van der Waals surface area contributed by atoms with Crippen LogP contribution in [0.5, 0.6) is 11.5 Å². The molecule has 0 aromatic heterocycles. The van der Waals surface area contributed by atoms with Crippen molar-refractivity contribution in [1.29, 1.82) is 0 Å². The average molecular weight is 406 g/mol. The van der Waals surface area contributed by atoms with Crippen molar-refractivity contribution >= 4 is 35.0 Å². The molecule has 0 unspecified atom stereocenters. The van der Waals surface area contributed by atoms with Gasteiger partial charge in [-0.1, -0.05) is 43.6 Å². The van der Waals surface area contributed by atoms with Gasteiger partial charge in [0, 0.05) is 11.4 Å². The summed E-state index contributed by atoms with van der Waals surface area (Å²) in [6.07, 6.45) is 1.79. The highest BCUT2D eigenvalue weighted by Crippen LogP contribution is 2.39. The Balaban J connectivity index is 1.59. The van der Waals surface area contributed by atoms with E-state index < -0.39 is 0 Å². The summed E-state index contributed by atoms with van der Waals surface area (Å²) in [6, 6.07) is 10.0. The molecular formula is C21H24ClNO3S. The Morgan fingerprint density at radius 2 is 1.85 bits per heavy atom. The van der Waals surface area contributed by atoms with Crippen molar-refractivity contribution in [1.82, 2.24) is 0 Å². The molecule has 0 saturated heterocycles. The summed E-state index contributed by atoms with van der Waals surface area (Å²) in [5, 5.41) is 3.65. The maximum Gasteiger partial charge on any atom is 0.234 e. The number of carbonyl (C=O) groups is 1. The zero-order valence-electron chi connectivity index (χ0n) is 15.6. The second-order valence-corrected chi connectivity index (χ2v) is 7.69. The second-order valence-electron chi connectivity index (χ2n) is 6.30. The zero-order chi connectivity index (χ0) is 19.2. The van der Waals surface area contributed by atoms with Gasteiger partial charge in [0.2, 0.25) is 5.91 Å². The van der Waals surface area contributed by atoms with Gasteiger partial charge in [-0.05, 0) is 41.7 Å². The van der Waals surface area contributed by atoms with E-state index in [4.69, 9.17) is 21.1 Å². The van der Waals surface area contributed by atoms with E-state index in [2.05, 4.69) is 31.3 Å². The summed E-state index contributed by atoms with van der Waals surface area (Å²) in [4.78, 5) is 12.4. The number of rotatable bonds is 7. The molecule has 0 aliphatic carbocycles. The van der Waals surface area contributed by atoms with Gasteiger partial charge in [0.05, 0.1) is 10.8 Å². The fourth-order valence-electron chi connectivity index (χ4n) is 3.09. The first-order chi connectivity index (χ1) is 13.1. The topological polar surface area (TPSA) is 47.6 Å². The van der Waals surface area contributed by atoms with Gasteiger partial charge in [-0.2, -0.15) is 0 Å². The predicted octanol–water partition coefficient (Wildman–Crippen LogP) is 5.11. The Labute approximate surface area is 169 Å². The third-order valence-electron chi connectivity index (χ3n) is 4.42. The number of amides is 1. The number of aryl methyl sites for hydroxylation is 2. The summed E-state index contributed by atoms with van der Waals surface area (Å²) in [7, 11) is 0. The predicted molar refractivity (Wildman–Crippen MR) is 112 cm³/mol. The monoisotopic (exact) mass is 405 g/mol. The molecule has 2 aromatic rings. The number of para-hydroxylation sites is 1. The van der Waals surface area contributed by atoms with Gasteiger partial charge in [0.15, 0.2) is 11.5 Å². The number of carbonyl (C=O) groups excluding carboxylic acids is 1. The molecule has 1 aliphatic heterocycles. The van der Waals surface area contributed by atoms with E-state index in [-0.39, 0.29) is 5.91 Å². The Kier molecular flexibility index (Phi) is 6.91. The number of anilines is 1. The van der Waals surface area contributed by atoms with Crippen LogP contribution in [0.3, 0.4) is 0 Å². The number of nitrogens with one attached hydrogen (secondary N) is 1. The molecule has 0 atom stereocenters. The first kappa shape index (κ1) is 19.9. The van der Waals surface area contributed by atoms with Gasteiger partial charge >= 0.3 is 0 Å². The van der Waals surface area contributed by atoms with Gasteiger partial charge in [-0.25, -0.2) is 0 Å². The van der Waals surface area contributed by atoms with Gasteiger partial charge in [-0.15, -0.1) is 11.8 Å². The van der Waals surface area contributed by atoms with Crippen LogP contribution in [-0.4, -0.2) is 24.9 Å². The van der Waals surface area contributed by atoms with E-state index in [0.29, 0.717) is 41.2 Å². The molecule has 1 N–H and O–H groups in total. The van der Waals surface area contributed by atoms with E-state index in [0.717, 1.165) is 24.1 Å². The molecule has 0 saturated carbocycles. The van der Waals surface area contributed by atoms with Crippen LogP contribution in [0.15, 0.2) is 30.3 Å². The van der Waals surface area contributed by atoms with Crippen LogP contribution in [-0.2, 0) is 23.4 Å². The van der Waals surface area contributed by atoms with Crippen molar-refractivity contribution in [3.8, 4) is 11.5 Å². The number of hydrogen-bond acceptors (Lipinski definition) is 4. The first-order valence-corrected chi connectivity index (χ1v) is 10.7. The number of hydrogen-bond donors (Lipinski definition) is 1. The molecule has 0 bridgehead atoms. The molecule has 27 heavy (non-hydrogen) atoms. The Hall–Kier alpha value is -1.85. The summed E-state index contributed by atoms with van der Waals surface area (Å²) < 4.78 is 11.1. The zero-order valence-corrected chi connectivity index (χ0v) is 17.2. The number of halogens is 1. The SMILES string of the molecule is CCc1cccc(CC)c1NC(=O)CSCc1cc(Cl)c2c(c1)OCCO2. The number of fused-ring (bicyclic) bond motifs is 1. The van der Waals surface area contributed by atoms with Crippen molar-refractivity contribution in [2.45, 2.75) is 32.4 Å². The molecule has 1 amide bonds. The van der Waals surface area contributed by atoms with Crippen LogP contribution in [0.2, 0.25) is 5.02 Å². The third kappa shape index (κ3) is 4.90. The minimum absolute atomic E-state index is 0.0132. The molecule has 1 aliphatic rings. The standard InChI is InChI=1S/C21H24ClNO3S/c1-3-15-6-5-7-16(4-2)20(15)23-19(24)13-27-12-14-10-17(22)21-18(11-14)25-8-9-26-21/h5-7,10-11H,3-4,8-9,12-13H2,1-2H3,(H,23,24). The van der Waals surface area contributed by atoms with E-state index in [1.165, 1.54) is 11.1 Å². The lowest BCUT2D eigenvalue weighted by Crippen LogP contribution is -2.17. The maximum absolute atomic E-state index is 12.4. The number of benzene rings is 2. The quantitative estimate of drug-likeness (QED) is 0.695. The van der Waals surface area contributed by atoms with E-state index in [1.807, 2.05) is 18.2 Å². The van der Waals surface area contributed by atoms with Crippen molar-refractivity contribution in [3.63, 3.8) is 0 Å². The number of ether oxygens (including phenoxy) is 2. The Bertz CT molecular complexity index is 803. The van der Waals surface area contributed by atoms with Gasteiger partial charge in [0.25, 0.3) is 0 Å². The van der Waals surface area contributed by atoms with Crippen LogP contribution in [0.4, 0.5) is 5.69 Å². The minimum Gasteiger partial charge on any atom is -0.486 e. The van der Waals surface area contributed by atoms with E-state index in [1.54, 1.807) is 11.8 Å². The fraction of sp³-hybridized carbons (Fsp3) is 0.381. The fourth-order valence-corrected chi connectivity index (χ4v) is 4.14. The highest BCUT2D eigenvalue weighted by Gasteiger charge is 2.17. The lowest BCUT2D eigenvalue weighted by Gasteiger charge is -2.20. The van der Waals surface area contributed by atoms with E-state index in [9.17, 15) is 4.79 Å². The molecule has 6 heteroatoms. The molecule has 3 rings (SSSR count). The Morgan fingerprint density at radius 3 is 2.56 bits per heavy atom. The van der Waals surface area contributed by atoms with Gasteiger partial charge in [0.1, 0.15) is 13.2 Å². The van der Waals surface area contributed by atoms with Crippen molar-refractivity contribution in [2.75, 3.05) is 24.3 Å². The van der Waals surface area contributed by atoms with Crippen LogP contribution in [0.25, 0.3) is 0 Å². The van der Waals surface area contributed by atoms with Gasteiger partial charge in [-0.3, -0.25) is 4.79 Å². The van der Waals surface area contributed by atoms with Crippen LogP contribution in [0, 0.1) is 0 Å². The van der Waals surface area contributed by atoms with Crippen molar-refractivity contribution in [3.05, 3.63) is 52.0 Å². The smallest absolute Gasteiger partial charge is 0.234 e. The summed E-state index contributed by atoms with van der Waals surface area (Å²) >= 11 is 7.82. The number of thioether (sulfide) groups is 1. The summed E-state index contributed by atoms with van der Waals surface area (Å²) in [5.41, 5.74) is 4.33. The Morgan fingerprint density at radius 1 is 1.15 bits per heavy atom. The lowest BCUT2D eigenvalue weighted by atomic mass is 10.0. The third-order valence-corrected chi connectivity index (χ3v) is 5.71. The van der Waals surface area contributed by atoms with Crippen LogP contribution >= 0.6 is 23.4 Å². The molecule has 2 aromatic carbocycles. The molecule has 144 valence electrons. The molecule has 1 heterocycles. The van der Waals surface area contributed by atoms with Crippen LogP contribution in [0.1, 0.15) is 30.5 Å². The van der Waals surface area contributed by atoms with Gasteiger partial charge < -0.3 is 14.8 Å². The molecular weight excluding hydrogens is 382 g/mol. The van der Waals surface area contributed by atoms with Crippen molar-refractivity contribution in [2.24, 2.45) is 0 Å². The largest absolute Gasteiger partial charge is 0.486 e. The minimum atomic E-state index is 0.0132. The molecule has 4 nitrogen and oxygen atoms in total. The molecule has 0 spiro atoms. The average Bonchev–Trinajstić information content (AvgIpc) is 2.68. The van der Waals surface area contributed by atoms with Crippen LogP contribution < -0.4 is 14.8 Å². The lowest BCUT2D eigenvalue weighted by molar-refractivity contribution is -0.113. The molecule has 0 radical (unpaired) electrons. The summed E-state index contributed by atoms with van der Waals surface area (Å²) in [6.45, 7) is 5.24. The van der Waals surface area contributed by atoms with E-state index >= 15 is 0 Å². The molecule has 0 fully saturated rings. The van der Waals surface area contributed by atoms with Crippen molar-refractivity contribution < 1.29 is 14.3 Å².